The van der Waals surface area contributed by atoms with Crippen LogP contribution in [0.5, 0.6) is 0 Å². The zero-order valence-electron chi connectivity index (χ0n) is 14.0. The van der Waals surface area contributed by atoms with Crippen molar-refractivity contribution in [2.24, 2.45) is 0 Å². The van der Waals surface area contributed by atoms with Gasteiger partial charge in [0.2, 0.25) is 5.91 Å². The van der Waals surface area contributed by atoms with Gasteiger partial charge in [0.05, 0.1) is 16.2 Å². The van der Waals surface area contributed by atoms with Crippen molar-refractivity contribution in [3.63, 3.8) is 0 Å². The van der Waals surface area contributed by atoms with Gasteiger partial charge >= 0.3 is 5.76 Å². The van der Waals surface area contributed by atoms with Crippen LogP contribution in [0.1, 0.15) is 11.4 Å². The first-order chi connectivity index (χ1) is 13.1. The smallest absolute Gasteiger partial charge is 0.408 e. The number of halogens is 1. The van der Waals surface area contributed by atoms with Gasteiger partial charge in [-0.25, -0.2) is 14.2 Å². The number of aryl methyl sites for hydroxylation is 1. The Balaban J connectivity index is 1.37. The van der Waals surface area contributed by atoms with E-state index in [-0.39, 0.29) is 18.1 Å². The van der Waals surface area contributed by atoms with Crippen molar-refractivity contribution < 1.29 is 13.6 Å². The molecule has 0 bridgehead atoms. The molecular formula is C19H14FN3O3S. The van der Waals surface area contributed by atoms with Crippen LogP contribution in [0.3, 0.4) is 0 Å². The summed E-state index contributed by atoms with van der Waals surface area (Å²) in [6.45, 7) is 0. The van der Waals surface area contributed by atoms with Crippen LogP contribution in [0, 0.1) is 5.82 Å². The Hall–Kier alpha value is -3.26. The number of hydrogen-bond donors (Lipinski definition) is 2. The Morgan fingerprint density at radius 3 is 2.85 bits per heavy atom. The molecule has 0 atom stereocenters. The van der Waals surface area contributed by atoms with Crippen molar-refractivity contribution in [2.45, 2.75) is 12.8 Å². The molecule has 0 aliphatic heterocycles. The first-order valence-corrected chi connectivity index (χ1v) is 9.08. The van der Waals surface area contributed by atoms with Gasteiger partial charge in [-0.05, 0) is 36.4 Å². The van der Waals surface area contributed by atoms with Crippen LogP contribution in [-0.4, -0.2) is 15.9 Å². The van der Waals surface area contributed by atoms with Crippen LogP contribution in [0.25, 0.3) is 22.4 Å². The number of carbonyl (C=O) groups is 1. The molecule has 4 rings (SSSR count). The monoisotopic (exact) mass is 383 g/mol. The number of fused-ring (bicyclic) bond motifs is 1. The highest BCUT2D eigenvalue weighted by Crippen LogP contribution is 2.23. The zero-order chi connectivity index (χ0) is 18.8. The lowest BCUT2D eigenvalue weighted by atomic mass is 10.2. The minimum atomic E-state index is -0.533. The molecule has 0 radical (unpaired) electrons. The largest absolute Gasteiger partial charge is 0.417 e. The maximum atomic E-state index is 13.0. The van der Waals surface area contributed by atoms with Crippen molar-refractivity contribution in [3.8, 4) is 11.3 Å². The molecule has 2 aromatic heterocycles. The number of aromatic amines is 1. The van der Waals surface area contributed by atoms with Crippen LogP contribution in [0.4, 0.5) is 10.1 Å². The lowest BCUT2D eigenvalue weighted by Crippen LogP contribution is -2.12. The van der Waals surface area contributed by atoms with Crippen molar-refractivity contribution in [2.75, 3.05) is 5.32 Å². The number of aromatic nitrogens is 2. The van der Waals surface area contributed by atoms with E-state index in [0.29, 0.717) is 23.2 Å². The summed E-state index contributed by atoms with van der Waals surface area (Å²) in [7, 11) is 0. The molecule has 0 aliphatic rings. The summed E-state index contributed by atoms with van der Waals surface area (Å²) in [5.41, 5.74) is 3.13. The quantitative estimate of drug-likeness (QED) is 0.546. The Morgan fingerprint density at radius 1 is 1.22 bits per heavy atom. The number of hydrogen-bond acceptors (Lipinski definition) is 5. The molecule has 0 unspecified atom stereocenters. The zero-order valence-corrected chi connectivity index (χ0v) is 14.8. The summed E-state index contributed by atoms with van der Waals surface area (Å²) < 4.78 is 18.0. The standard InChI is InChI=1S/C19H14FN3O3S/c20-12-3-1-11(2-4-12)15-10-27-18(22-15)8-7-17(24)21-13-5-6-14-16(9-13)26-19(25)23-14/h1-6,9-10H,7-8H2,(H,21,24)(H,23,25). The maximum Gasteiger partial charge on any atom is 0.417 e. The van der Waals surface area contributed by atoms with E-state index in [4.69, 9.17) is 4.42 Å². The normalized spacial score (nSPS) is 11.0. The Morgan fingerprint density at radius 2 is 2.04 bits per heavy atom. The van der Waals surface area contributed by atoms with E-state index in [0.717, 1.165) is 16.3 Å². The molecule has 4 aromatic rings. The van der Waals surface area contributed by atoms with Gasteiger partial charge in [-0.2, -0.15) is 0 Å². The molecule has 27 heavy (non-hydrogen) atoms. The summed E-state index contributed by atoms with van der Waals surface area (Å²) in [6.07, 6.45) is 0.769. The van der Waals surface area contributed by atoms with Crippen LogP contribution in [-0.2, 0) is 11.2 Å². The number of oxazole rings is 1. The highest BCUT2D eigenvalue weighted by Gasteiger charge is 2.09. The maximum absolute atomic E-state index is 13.0. The molecule has 0 fully saturated rings. The van der Waals surface area contributed by atoms with Gasteiger partial charge in [0, 0.05) is 35.5 Å². The number of nitrogens with zero attached hydrogens (tertiary/aromatic N) is 1. The predicted octanol–water partition coefficient (Wildman–Crippen LogP) is 3.96. The van der Waals surface area contributed by atoms with E-state index in [2.05, 4.69) is 15.3 Å². The summed E-state index contributed by atoms with van der Waals surface area (Å²) in [6, 6.07) is 11.1. The second-order valence-corrected chi connectivity index (χ2v) is 6.85. The third kappa shape index (κ3) is 3.95. The van der Waals surface area contributed by atoms with Crippen molar-refractivity contribution in [1.82, 2.24) is 9.97 Å². The second kappa shape index (κ2) is 7.16. The number of H-pyrrole nitrogens is 1. The molecule has 1 amide bonds. The molecule has 0 saturated carbocycles. The van der Waals surface area contributed by atoms with E-state index in [1.54, 1.807) is 30.3 Å². The third-order valence-electron chi connectivity index (χ3n) is 3.96. The number of nitrogens with one attached hydrogen (secondary N) is 2. The van der Waals surface area contributed by atoms with Crippen LogP contribution < -0.4 is 11.1 Å². The second-order valence-electron chi connectivity index (χ2n) is 5.91. The number of benzene rings is 2. The molecule has 2 aromatic carbocycles. The van der Waals surface area contributed by atoms with Gasteiger partial charge in [-0.15, -0.1) is 11.3 Å². The summed E-state index contributed by atoms with van der Waals surface area (Å²) in [4.78, 5) is 30.4. The topological polar surface area (TPSA) is 88.0 Å². The SMILES string of the molecule is O=C(CCc1nc(-c2ccc(F)cc2)cs1)Nc1ccc2[nH]c(=O)oc2c1. The van der Waals surface area contributed by atoms with E-state index in [1.807, 2.05) is 5.38 Å². The van der Waals surface area contributed by atoms with Gasteiger partial charge in [0.1, 0.15) is 5.82 Å². The minimum Gasteiger partial charge on any atom is -0.408 e. The Bertz CT molecular complexity index is 1160. The number of thiazole rings is 1. The highest BCUT2D eigenvalue weighted by atomic mass is 32.1. The van der Waals surface area contributed by atoms with Crippen LogP contribution in [0.2, 0.25) is 0 Å². The summed E-state index contributed by atoms with van der Waals surface area (Å²) in [5, 5.41) is 5.50. The first-order valence-electron chi connectivity index (χ1n) is 8.20. The summed E-state index contributed by atoms with van der Waals surface area (Å²) in [5.74, 6) is -0.983. The fourth-order valence-corrected chi connectivity index (χ4v) is 3.45. The van der Waals surface area contributed by atoms with E-state index < -0.39 is 5.76 Å². The van der Waals surface area contributed by atoms with Gasteiger partial charge in [0.25, 0.3) is 0 Å². The molecule has 2 N–H and O–H groups in total. The lowest BCUT2D eigenvalue weighted by molar-refractivity contribution is -0.116. The van der Waals surface area contributed by atoms with Crippen LogP contribution >= 0.6 is 11.3 Å². The Kier molecular flexibility index (Phi) is 4.55. The number of carbonyl (C=O) groups excluding carboxylic acids is 1. The minimum absolute atomic E-state index is 0.161. The fourth-order valence-electron chi connectivity index (χ4n) is 2.65. The van der Waals surface area contributed by atoms with Crippen molar-refractivity contribution >= 4 is 34.0 Å². The van der Waals surface area contributed by atoms with Gasteiger partial charge in [-0.1, -0.05) is 0 Å². The molecule has 0 saturated heterocycles. The Labute approximate surface area is 156 Å². The third-order valence-corrected chi connectivity index (χ3v) is 4.87. The molecule has 0 aliphatic carbocycles. The molecule has 2 heterocycles. The van der Waals surface area contributed by atoms with E-state index >= 15 is 0 Å². The average Bonchev–Trinajstić information content (AvgIpc) is 3.26. The number of rotatable bonds is 5. The van der Waals surface area contributed by atoms with Gasteiger partial charge in [-0.3, -0.25) is 9.78 Å². The summed E-state index contributed by atoms with van der Waals surface area (Å²) >= 11 is 1.46. The van der Waals surface area contributed by atoms with Crippen LogP contribution in [0.15, 0.2) is 57.1 Å². The van der Waals surface area contributed by atoms with E-state index in [9.17, 15) is 14.0 Å². The first kappa shape index (κ1) is 17.2. The van der Waals surface area contributed by atoms with Gasteiger partial charge < -0.3 is 9.73 Å². The highest BCUT2D eigenvalue weighted by molar-refractivity contribution is 7.09. The van der Waals surface area contributed by atoms with Crippen molar-refractivity contribution in [1.29, 1.82) is 0 Å². The average molecular weight is 383 g/mol. The fraction of sp³-hybridized carbons (Fsp3) is 0.105. The van der Waals surface area contributed by atoms with Crippen molar-refractivity contribution in [3.05, 3.63) is 69.2 Å². The molecule has 0 spiro atoms. The predicted molar refractivity (Wildman–Crippen MR) is 101 cm³/mol. The molecular weight excluding hydrogens is 369 g/mol. The molecule has 136 valence electrons. The lowest BCUT2D eigenvalue weighted by Gasteiger charge is -2.04. The molecule has 8 heteroatoms. The number of amides is 1. The van der Waals surface area contributed by atoms with Gasteiger partial charge in [0.15, 0.2) is 5.58 Å². The molecule has 6 nitrogen and oxygen atoms in total. The number of anilines is 1. The van der Waals surface area contributed by atoms with E-state index in [1.165, 1.54) is 23.5 Å².